The fraction of sp³-hybridized carbons (Fsp3) is 0.368. The van der Waals surface area contributed by atoms with Gasteiger partial charge in [0.15, 0.2) is 0 Å². The molecular weight excluding hydrogens is 364 g/mol. The highest BCUT2D eigenvalue weighted by molar-refractivity contribution is 7.20. The summed E-state index contributed by atoms with van der Waals surface area (Å²) in [7, 11) is 1.54. The first-order chi connectivity index (χ1) is 13.0. The minimum absolute atomic E-state index is 0.0445. The van der Waals surface area contributed by atoms with Crippen LogP contribution >= 0.6 is 11.3 Å². The second-order valence-corrected chi connectivity index (χ2v) is 7.68. The van der Waals surface area contributed by atoms with Gasteiger partial charge in [0.1, 0.15) is 11.8 Å². The van der Waals surface area contributed by atoms with Gasteiger partial charge in [-0.05, 0) is 24.6 Å². The zero-order valence-corrected chi connectivity index (χ0v) is 16.0. The molecule has 0 bridgehead atoms. The van der Waals surface area contributed by atoms with Crippen LogP contribution in [0.25, 0.3) is 10.2 Å². The molecule has 0 unspecified atom stereocenters. The third kappa shape index (κ3) is 3.57. The number of nitrogens with zero attached hydrogens (tertiary/aromatic N) is 4. The van der Waals surface area contributed by atoms with Crippen molar-refractivity contribution in [3.05, 3.63) is 51.9 Å². The number of carbonyl (C=O) groups is 1. The molecule has 1 saturated heterocycles. The van der Waals surface area contributed by atoms with Crippen LogP contribution in [0.4, 0.5) is 0 Å². The molecule has 8 heteroatoms. The van der Waals surface area contributed by atoms with E-state index in [1.165, 1.54) is 16.8 Å². The number of ether oxygens (including phenoxy) is 1. The van der Waals surface area contributed by atoms with Gasteiger partial charge in [-0.3, -0.25) is 9.59 Å². The third-order valence-corrected chi connectivity index (χ3v) is 5.69. The van der Waals surface area contributed by atoms with Crippen LogP contribution in [0.3, 0.4) is 0 Å². The first kappa shape index (κ1) is 17.7. The van der Waals surface area contributed by atoms with E-state index in [9.17, 15) is 9.59 Å². The zero-order chi connectivity index (χ0) is 19.0. The average molecular weight is 384 g/mol. The second kappa shape index (κ2) is 7.11. The van der Waals surface area contributed by atoms with Crippen molar-refractivity contribution in [2.75, 3.05) is 13.1 Å². The Morgan fingerprint density at radius 1 is 1.22 bits per heavy atom. The highest BCUT2D eigenvalue weighted by atomic mass is 32.1. The normalized spacial score (nSPS) is 15.3. The molecule has 1 amide bonds. The van der Waals surface area contributed by atoms with Gasteiger partial charge < -0.3 is 9.64 Å². The van der Waals surface area contributed by atoms with Crippen LogP contribution in [0.2, 0.25) is 0 Å². The molecule has 4 rings (SSSR count). The fourth-order valence-electron chi connectivity index (χ4n) is 3.21. The van der Waals surface area contributed by atoms with Gasteiger partial charge in [-0.2, -0.15) is 5.10 Å². The molecule has 0 atom stereocenters. The van der Waals surface area contributed by atoms with Crippen molar-refractivity contribution in [2.24, 2.45) is 7.05 Å². The van der Waals surface area contributed by atoms with E-state index in [1.807, 2.05) is 25.1 Å². The van der Waals surface area contributed by atoms with Gasteiger partial charge in [0.2, 0.25) is 0 Å². The Balaban J connectivity index is 1.39. The molecule has 7 nitrogen and oxygen atoms in total. The number of aryl methyl sites for hydroxylation is 2. The van der Waals surface area contributed by atoms with Crippen LogP contribution in [0.15, 0.2) is 35.1 Å². The largest absolute Gasteiger partial charge is 0.467 e. The molecule has 1 aliphatic heterocycles. The van der Waals surface area contributed by atoms with Crippen LogP contribution in [0.1, 0.15) is 28.9 Å². The quantitative estimate of drug-likeness (QED) is 0.693. The molecule has 140 valence electrons. The summed E-state index contributed by atoms with van der Waals surface area (Å²) in [6.07, 6.45) is 1.53. The van der Waals surface area contributed by atoms with Crippen LogP contribution in [0.5, 0.6) is 5.19 Å². The van der Waals surface area contributed by atoms with Crippen molar-refractivity contribution in [1.82, 2.24) is 19.7 Å². The molecule has 2 aromatic heterocycles. The van der Waals surface area contributed by atoms with Crippen molar-refractivity contribution >= 4 is 27.5 Å². The summed E-state index contributed by atoms with van der Waals surface area (Å²) < 4.78 is 8.37. The van der Waals surface area contributed by atoms with Crippen molar-refractivity contribution < 1.29 is 9.53 Å². The Hall–Kier alpha value is -2.74. The summed E-state index contributed by atoms with van der Waals surface area (Å²) in [4.78, 5) is 30.4. The lowest BCUT2D eigenvalue weighted by atomic mass is 10.1. The second-order valence-electron chi connectivity index (χ2n) is 6.69. The van der Waals surface area contributed by atoms with Crippen LogP contribution in [-0.2, 0) is 7.05 Å². The Bertz CT molecular complexity index is 1050. The molecule has 1 aromatic carbocycles. The maximum absolute atomic E-state index is 12.6. The van der Waals surface area contributed by atoms with Crippen molar-refractivity contribution in [3.63, 3.8) is 0 Å². The van der Waals surface area contributed by atoms with Gasteiger partial charge in [0.25, 0.3) is 16.7 Å². The lowest BCUT2D eigenvalue weighted by molar-refractivity contribution is 0.0588. The maximum atomic E-state index is 12.6. The molecule has 3 heterocycles. The minimum atomic E-state index is -0.232. The van der Waals surface area contributed by atoms with Gasteiger partial charge in [0.05, 0.1) is 10.2 Å². The van der Waals surface area contributed by atoms with Gasteiger partial charge >= 0.3 is 0 Å². The van der Waals surface area contributed by atoms with Crippen LogP contribution in [-0.4, -0.2) is 44.8 Å². The number of hydrogen-bond donors (Lipinski definition) is 0. The molecule has 3 aromatic rings. The summed E-state index contributed by atoms with van der Waals surface area (Å²) in [6, 6.07) is 8.97. The zero-order valence-electron chi connectivity index (χ0n) is 15.2. The first-order valence-corrected chi connectivity index (χ1v) is 9.69. The molecule has 27 heavy (non-hydrogen) atoms. The van der Waals surface area contributed by atoms with Crippen molar-refractivity contribution in [3.8, 4) is 5.19 Å². The van der Waals surface area contributed by atoms with E-state index < -0.39 is 0 Å². The average Bonchev–Trinajstić information content (AvgIpc) is 3.08. The molecule has 1 fully saturated rings. The van der Waals surface area contributed by atoms with Gasteiger partial charge in [0, 0.05) is 39.0 Å². The number of benzene rings is 1. The predicted molar refractivity (Wildman–Crippen MR) is 103 cm³/mol. The number of likely N-dealkylation sites (tertiary alicyclic amines) is 1. The Kier molecular flexibility index (Phi) is 4.65. The summed E-state index contributed by atoms with van der Waals surface area (Å²) >= 11 is 1.56. The molecule has 0 N–H and O–H groups in total. The monoisotopic (exact) mass is 384 g/mol. The Morgan fingerprint density at radius 3 is 2.70 bits per heavy atom. The number of amides is 1. The smallest absolute Gasteiger partial charge is 0.274 e. The summed E-state index contributed by atoms with van der Waals surface area (Å²) in [5, 5.41) is 4.72. The highest BCUT2D eigenvalue weighted by Crippen LogP contribution is 2.31. The number of thiazole rings is 1. The summed E-state index contributed by atoms with van der Waals surface area (Å²) in [5.74, 6) is -0.153. The third-order valence-electron chi connectivity index (χ3n) is 4.78. The number of aromatic nitrogens is 3. The topological polar surface area (TPSA) is 77.3 Å². The molecule has 0 aliphatic carbocycles. The highest BCUT2D eigenvalue weighted by Gasteiger charge is 2.26. The number of para-hydroxylation sites is 1. The van der Waals surface area contributed by atoms with E-state index in [2.05, 4.69) is 10.1 Å². The van der Waals surface area contributed by atoms with Crippen molar-refractivity contribution in [2.45, 2.75) is 25.9 Å². The predicted octanol–water partition coefficient (Wildman–Crippen LogP) is 2.38. The molecular formula is C19H20N4O3S. The van der Waals surface area contributed by atoms with E-state index in [0.29, 0.717) is 18.3 Å². The van der Waals surface area contributed by atoms with Gasteiger partial charge in [-0.25, -0.2) is 9.67 Å². The van der Waals surface area contributed by atoms with Gasteiger partial charge in [-0.1, -0.05) is 23.5 Å². The van der Waals surface area contributed by atoms with Crippen molar-refractivity contribution in [1.29, 1.82) is 0 Å². The van der Waals surface area contributed by atoms with E-state index in [1.54, 1.807) is 23.3 Å². The Morgan fingerprint density at radius 2 is 2.00 bits per heavy atom. The molecule has 0 radical (unpaired) electrons. The fourth-order valence-corrected chi connectivity index (χ4v) is 4.17. The molecule has 1 aliphatic rings. The maximum Gasteiger partial charge on any atom is 0.274 e. The van der Waals surface area contributed by atoms with Crippen LogP contribution < -0.4 is 10.3 Å². The minimum Gasteiger partial charge on any atom is -0.467 e. The standard InChI is InChI=1S/C19H20N4O3S/c1-12-4-3-5-15-17(12)20-19(27-15)26-13-8-10-23(11-9-13)18(25)14-6-7-16(24)22(2)21-14/h3-7,13H,8-11H2,1-2H3. The van der Waals surface area contributed by atoms with E-state index >= 15 is 0 Å². The van der Waals surface area contributed by atoms with E-state index in [0.717, 1.165) is 28.6 Å². The molecule has 0 spiro atoms. The number of piperidine rings is 1. The number of fused-ring (bicyclic) bond motifs is 1. The number of rotatable bonds is 3. The van der Waals surface area contributed by atoms with E-state index in [4.69, 9.17) is 4.74 Å². The number of hydrogen-bond acceptors (Lipinski definition) is 6. The SMILES string of the molecule is Cc1cccc2sc(OC3CCN(C(=O)c4ccc(=O)n(C)n4)CC3)nc12. The van der Waals surface area contributed by atoms with E-state index in [-0.39, 0.29) is 23.3 Å². The Labute approximate surface area is 160 Å². The summed E-state index contributed by atoms with van der Waals surface area (Å²) in [6.45, 7) is 3.24. The number of carbonyl (C=O) groups excluding carboxylic acids is 1. The molecule has 0 saturated carbocycles. The summed E-state index contributed by atoms with van der Waals surface area (Å²) in [5.41, 5.74) is 2.19. The van der Waals surface area contributed by atoms with Crippen LogP contribution in [0, 0.1) is 6.92 Å². The van der Waals surface area contributed by atoms with Gasteiger partial charge in [-0.15, -0.1) is 0 Å². The lowest BCUT2D eigenvalue weighted by Crippen LogP contribution is -2.42. The first-order valence-electron chi connectivity index (χ1n) is 8.88. The lowest BCUT2D eigenvalue weighted by Gasteiger charge is -2.31.